The molecule has 5 nitrogen and oxygen atoms in total. The van der Waals surface area contributed by atoms with Crippen molar-refractivity contribution in [1.82, 2.24) is 24.5 Å². The van der Waals surface area contributed by atoms with Gasteiger partial charge < -0.3 is 4.57 Å². The number of nitrogens with zero attached hydrogens (tertiary/aromatic N) is 5. The second kappa shape index (κ2) is 11.6. The Morgan fingerprint density at radius 2 is 0.920 bits per heavy atom. The minimum absolute atomic E-state index is 0.613. The molecule has 4 aromatic heterocycles. The molecule has 0 bridgehead atoms. The fourth-order valence-electron chi connectivity index (χ4n) is 6.89. The van der Waals surface area contributed by atoms with E-state index in [9.17, 15) is 0 Å². The summed E-state index contributed by atoms with van der Waals surface area (Å²) in [5.74, 6) is 1.88. The van der Waals surface area contributed by atoms with Crippen LogP contribution in [-0.4, -0.2) is 24.5 Å². The molecule has 0 atom stereocenters. The number of hydrogen-bond acceptors (Lipinski definition) is 5. The molecular weight excluding hydrogens is 631 g/mol. The smallest absolute Gasteiger partial charge is 0.164 e. The maximum absolute atomic E-state index is 5.31. The van der Waals surface area contributed by atoms with Gasteiger partial charge in [0.15, 0.2) is 17.5 Å². The molecule has 0 spiro atoms. The minimum atomic E-state index is 0.613. The van der Waals surface area contributed by atoms with Crippen molar-refractivity contribution in [3.63, 3.8) is 0 Å². The van der Waals surface area contributed by atoms with E-state index in [0.29, 0.717) is 17.5 Å². The highest BCUT2D eigenvalue weighted by Crippen LogP contribution is 2.40. The average molecular weight is 658 g/mol. The van der Waals surface area contributed by atoms with E-state index in [0.717, 1.165) is 60.3 Å². The predicted octanol–water partition coefficient (Wildman–Crippen LogP) is 11.4. The number of aromatic nitrogens is 5. The van der Waals surface area contributed by atoms with Crippen molar-refractivity contribution >= 4 is 53.6 Å². The Bertz CT molecular complexity index is 2800. The summed E-state index contributed by atoms with van der Waals surface area (Å²) in [6, 6.07) is 56.8. The Kier molecular flexibility index (Phi) is 6.60. The molecule has 0 unspecified atom stereocenters. The molecular formula is C44H27N5S. The first-order valence-corrected chi connectivity index (χ1v) is 17.4. The van der Waals surface area contributed by atoms with Crippen molar-refractivity contribution in [3.05, 3.63) is 164 Å². The number of hydrogen-bond donors (Lipinski definition) is 0. The van der Waals surface area contributed by atoms with Gasteiger partial charge in [-0.2, -0.15) is 0 Å². The van der Waals surface area contributed by atoms with Crippen LogP contribution in [0.3, 0.4) is 0 Å². The maximum Gasteiger partial charge on any atom is 0.164 e. The first-order chi connectivity index (χ1) is 24.8. The number of para-hydroxylation sites is 1. The van der Waals surface area contributed by atoms with E-state index in [-0.39, 0.29) is 0 Å². The van der Waals surface area contributed by atoms with Crippen molar-refractivity contribution in [2.75, 3.05) is 0 Å². The standard InChI is InChI=1S/C44H27N5S/c1-4-14-28(15-5-1)31-24-32(43-47-41(29-16-6-2-7-17-29)46-42(48-43)30-18-8-3-9-19-30)26-33(25-31)49-37-22-12-10-21-35(37)40-38(49)27-36-34-20-11-13-23-39(34)50-44(36)45-40/h1-27H. The van der Waals surface area contributed by atoms with Crippen LogP contribution in [0.25, 0.3) is 93.2 Å². The highest BCUT2D eigenvalue weighted by Gasteiger charge is 2.19. The number of pyridine rings is 1. The van der Waals surface area contributed by atoms with Gasteiger partial charge in [-0.15, -0.1) is 11.3 Å². The summed E-state index contributed by atoms with van der Waals surface area (Å²) in [6.07, 6.45) is 0. The molecule has 0 saturated heterocycles. The molecule has 0 fully saturated rings. The van der Waals surface area contributed by atoms with Crippen LogP contribution < -0.4 is 0 Å². The van der Waals surface area contributed by atoms with Crippen molar-refractivity contribution in [2.24, 2.45) is 0 Å². The highest BCUT2D eigenvalue weighted by molar-refractivity contribution is 7.25. The van der Waals surface area contributed by atoms with Crippen molar-refractivity contribution < 1.29 is 0 Å². The van der Waals surface area contributed by atoms with Gasteiger partial charge in [0.1, 0.15) is 4.83 Å². The lowest BCUT2D eigenvalue weighted by Crippen LogP contribution is -2.01. The zero-order valence-electron chi connectivity index (χ0n) is 26.7. The molecule has 0 amide bonds. The average Bonchev–Trinajstić information content (AvgIpc) is 3.72. The van der Waals surface area contributed by atoms with Crippen LogP contribution in [0.2, 0.25) is 0 Å². The van der Waals surface area contributed by atoms with Crippen LogP contribution in [0.15, 0.2) is 164 Å². The molecule has 6 aromatic carbocycles. The van der Waals surface area contributed by atoms with Gasteiger partial charge >= 0.3 is 0 Å². The number of benzene rings is 6. The third-order valence-corrected chi connectivity index (χ3v) is 10.3. The molecule has 0 aliphatic carbocycles. The van der Waals surface area contributed by atoms with Gasteiger partial charge in [-0.25, -0.2) is 19.9 Å². The Labute approximate surface area is 291 Å². The van der Waals surface area contributed by atoms with Gasteiger partial charge in [0.05, 0.1) is 16.6 Å². The van der Waals surface area contributed by atoms with E-state index in [1.54, 1.807) is 11.3 Å². The first-order valence-electron chi connectivity index (χ1n) is 16.6. The molecule has 0 N–H and O–H groups in total. The predicted molar refractivity (Wildman–Crippen MR) is 207 cm³/mol. The molecule has 234 valence electrons. The fraction of sp³-hybridized carbons (Fsp3) is 0. The zero-order chi connectivity index (χ0) is 33.0. The van der Waals surface area contributed by atoms with Gasteiger partial charge in [-0.1, -0.05) is 127 Å². The summed E-state index contributed by atoms with van der Waals surface area (Å²) in [5, 5.41) is 3.51. The molecule has 0 saturated carbocycles. The second-order valence-electron chi connectivity index (χ2n) is 12.3. The summed E-state index contributed by atoms with van der Waals surface area (Å²) in [6.45, 7) is 0. The van der Waals surface area contributed by atoms with Crippen LogP contribution in [0.5, 0.6) is 0 Å². The van der Waals surface area contributed by atoms with Crippen molar-refractivity contribution in [1.29, 1.82) is 0 Å². The van der Waals surface area contributed by atoms with E-state index in [2.05, 4.69) is 102 Å². The summed E-state index contributed by atoms with van der Waals surface area (Å²) < 4.78 is 3.59. The summed E-state index contributed by atoms with van der Waals surface area (Å²) in [4.78, 5) is 21.5. The Morgan fingerprint density at radius 3 is 1.60 bits per heavy atom. The number of rotatable bonds is 5. The Morgan fingerprint density at radius 1 is 0.380 bits per heavy atom. The second-order valence-corrected chi connectivity index (χ2v) is 13.4. The molecule has 4 heterocycles. The lowest BCUT2D eigenvalue weighted by atomic mass is 10.0. The van der Waals surface area contributed by atoms with Crippen molar-refractivity contribution in [2.45, 2.75) is 0 Å². The van der Waals surface area contributed by atoms with Gasteiger partial charge in [0, 0.05) is 43.2 Å². The molecule has 0 radical (unpaired) electrons. The van der Waals surface area contributed by atoms with Gasteiger partial charge in [-0.05, 0) is 47.5 Å². The van der Waals surface area contributed by atoms with Crippen LogP contribution >= 0.6 is 11.3 Å². The minimum Gasteiger partial charge on any atom is -0.308 e. The van der Waals surface area contributed by atoms with E-state index < -0.39 is 0 Å². The Balaban J connectivity index is 1.27. The zero-order valence-corrected chi connectivity index (χ0v) is 27.5. The lowest BCUT2D eigenvalue weighted by molar-refractivity contribution is 1.07. The van der Waals surface area contributed by atoms with Crippen LogP contribution in [-0.2, 0) is 0 Å². The molecule has 0 aliphatic heterocycles. The fourth-order valence-corrected chi connectivity index (χ4v) is 7.95. The topological polar surface area (TPSA) is 56.5 Å². The molecule has 10 aromatic rings. The van der Waals surface area contributed by atoms with Crippen LogP contribution in [0.1, 0.15) is 0 Å². The lowest BCUT2D eigenvalue weighted by Gasteiger charge is -2.14. The van der Waals surface area contributed by atoms with Gasteiger partial charge in [0.25, 0.3) is 0 Å². The van der Waals surface area contributed by atoms with E-state index in [1.165, 1.54) is 15.5 Å². The molecule has 6 heteroatoms. The normalized spacial score (nSPS) is 11.6. The van der Waals surface area contributed by atoms with Crippen LogP contribution in [0, 0.1) is 0 Å². The van der Waals surface area contributed by atoms with E-state index >= 15 is 0 Å². The van der Waals surface area contributed by atoms with Crippen LogP contribution in [0.4, 0.5) is 0 Å². The molecule has 50 heavy (non-hydrogen) atoms. The summed E-state index contributed by atoms with van der Waals surface area (Å²) in [5.41, 5.74) is 9.12. The number of fused-ring (bicyclic) bond motifs is 6. The van der Waals surface area contributed by atoms with E-state index in [1.807, 2.05) is 66.7 Å². The molecule has 0 aliphatic rings. The Hall–Kier alpha value is -6.50. The third kappa shape index (κ3) is 4.77. The largest absolute Gasteiger partial charge is 0.308 e. The third-order valence-electron chi connectivity index (χ3n) is 9.23. The summed E-state index contributed by atoms with van der Waals surface area (Å²) >= 11 is 1.75. The van der Waals surface area contributed by atoms with Gasteiger partial charge in [0.2, 0.25) is 0 Å². The molecule has 10 rings (SSSR count). The summed E-state index contributed by atoms with van der Waals surface area (Å²) in [7, 11) is 0. The van der Waals surface area contributed by atoms with Crippen molar-refractivity contribution in [3.8, 4) is 51.0 Å². The monoisotopic (exact) mass is 657 g/mol. The maximum atomic E-state index is 5.31. The van der Waals surface area contributed by atoms with E-state index in [4.69, 9.17) is 19.9 Å². The number of thiophene rings is 1. The van der Waals surface area contributed by atoms with Gasteiger partial charge in [-0.3, -0.25) is 0 Å². The first kappa shape index (κ1) is 28.5. The quantitative estimate of drug-likeness (QED) is 0.185. The highest BCUT2D eigenvalue weighted by atomic mass is 32.1. The SMILES string of the molecule is c1ccc(-c2cc(-c3nc(-c4ccccc4)nc(-c4ccccc4)n3)cc(-n3c4ccccc4c4nc5sc6ccccc6c5cc43)c2)cc1.